The summed E-state index contributed by atoms with van der Waals surface area (Å²) in [6.45, 7) is 0. The van der Waals surface area contributed by atoms with Crippen LogP contribution in [0.5, 0.6) is 0 Å². The van der Waals surface area contributed by atoms with Gasteiger partial charge >= 0.3 is 0 Å². The first kappa shape index (κ1) is 25.2. The highest BCUT2D eigenvalue weighted by atomic mass is 15.0. The molecule has 2 heteroatoms. The van der Waals surface area contributed by atoms with Crippen LogP contribution in [0.15, 0.2) is 170 Å². The van der Waals surface area contributed by atoms with E-state index in [9.17, 15) is 0 Å². The van der Waals surface area contributed by atoms with E-state index in [4.69, 9.17) is 0 Å². The SMILES string of the molecule is c1ccc(-n2c3ccccc3c3c4ccccc4c4c(c5ccccc5n4-c4ccc(-c5cccc6ccccc56)cc4)c32)cc1. The first-order valence-electron chi connectivity index (χ1n) is 15.9. The average Bonchev–Trinajstić information content (AvgIpc) is 3.66. The Balaban J connectivity index is 1.35. The second-order valence-corrected chi connectivity index (χ2v) is 12.1. The van der Waals surface area contributed by atoms with Crippen molar-refractivity contribution in [3.63, 3.8) is 0 Å². The van der Waals surface area contributed by atoms with Crippen molar-refractivity contribution >= 4 is 65.2 Å². The van der Waals surface area contributed by atoms with Crippen LogP contribution in [0.1, 0.15) is 0 Å². The lowest BCUT2D eigenvalue weighted by Gasteiger charge is -2.14. The van der Waals surface area contributed by atoms with Crippen LogP contribution in [0.3, 0.4) is 0 Å². The summed E-state index contributed by atoms with van der Waals surface area (Å²) in [7, 11) is 0. The summed E-state index contributed by atoms with van der Waals surface area (Å²) >= 11 is 0. The Hall–Kier alpha value is -6.12. The van der Waals surface area contributed by atoms with Gasteiger partial charge in [-0.05, 0) is 63.7 Å². The number of hydrogen-bond acceptors (Lipinski definition) is 0. The lowest BCUT2D eigenvalue weighted by Crippen LogP contribution is -1.96. The van der Waals surface area contributed by atoms with Crippen molar-refractivity contribution in [2.75, 3.05) is 0 Å². The maximum Gasteiger partial charge on any atom is 0.0647 e. The maximum atomic E-state index is 2.48. The molecule has 0 amide bonds. The molecule has 0 aliphatic heterocycles. The van der Waals surface area contributed by atoms with Crippen LogP contribution in [0.4, 0.5) is 0 Å². The normalized spacial score (nSPS) is 11.9. The van der Waals surface area contributed by atoms with Crippen molar-refractivity contribution < 1.29 is 0 Å². The van der Waals surface area contributed by atoms with E-state index in [-0.39, 0.29) is 0 Å². The van der Waals surface area contributed by atoms with E-state index in [0.29, 0.717) is 0 Å². The van der Waals surface area contributed by atoms with Gasteiger partial charge in [0.05, 0.1) is 22.1 Å². The molecule has 0 saturated heterocycles. The molecule has 0 spiro atoms. The third-order valence-electron chi connectivity index (χ3n) is 9.68. The Bertz CT molecular complexity index is 2770. The zero-order valence-corrected chi connectivity index (χ0v) is 25.1. The number of benzene rings is 8. The van der Waals surface area contributed by atoms with E-state index >= 15 is 0 Å². The van der Waals surface area contributed by atoms with Gasteiger partial charge in [-0.2, -0.15) is 0 Å². The van der Waals surface area contributed by atoms with Gasteiger partial charge in [0.2, 0.25) is 0 Å². The van der Waals surface area contributed by atoms with E-state index in [1.165, 1.54) is 82.0 Å². The predicted octanol–water partition coefficient (Wildman–Crippen LogP) is 11.9. The van der Waals surface area contributed by atoms with E-state index in [0.717, 1.165) is 5.69 Å². The van der Waals surface area contributed by atoms with E-state index in [1.54, 1.807) is 0 Å². The number of nitrogens with zero attached hydrogens (tertiary/aromatic N) is 2. The molecule has 2 nitrogen and oxygen atoms in total. The van der Waals surface area contributed by atoms with Gasteiger partial charge in [-0.25, -0.2) is 0 Å². The van der Waals surface area contributed by atoms with Crippen LogP contribution in [0.25, 0.3) is 87.7 Å². The Labute approximate surface area is 266 Å². The summed E-state index contributed by atoms with van der Waals surface area (Å²) < 4.78 is 4.95. The summed E-state index contributed by atoms with van der Waals surface area (Å²) in [5.74, 6) is 0. The van der Waals surface area contributed by atoms with Crippen LogP contribution in [0.2, 0.25) is 0 Å². The molecule has 46 heavy (non-hydrogen) atoms. The smallest absolute Gasteiger partial charge is 0.0647 e. The molecular weight excluding hydrogens is 556 g/mol. The second kappa shape index (κ2) is 9.69. The largest absolute Gasteiger partial charge is 0.309 e. The van der Waals surface area contributed by atoms with Crippen LogP contribution in [-0.2, 0) is 0 Å². The van der Waals surface area contributed by atoms with Crippen molar-refractivity contribution in [3.05, 3.63) is 170 Å². The summed E-state index contributed by atoms with van der Waals surface area (Å²) in [6, 6.07) is 61.8. The molecule has 214 valence electrons. The molecule has 0 atom stereocenters. The van der Waals surface area contributed by atoms with E-state index in [2.05, 4.69) is 179 Å². The number of fused-ring (bicyclic) bond motifs is 11. The lowest BCUT2D eigenvalue weighted by atomic mass is 9.98. The third kappa shape index (κ3) is 3.47. The van der Waals surface area contributed by atoms with Gasteiger partial charge in [-0.15, -0.1) is 0 Å². The van der Waals surface area contributed by atoms with Crippen LogP contribution >= 0.6 is 0 Å². The molecule has 0 saturated carbocycles. The van der Waals surface area contributed by atoms with Crippen LogP contribution < -0.4 is 0 Å². The summed E-state index contributed by atoms with van der Waals surface area (Å²) in [5.41, 5.74) is 9.72. The van der Waals surface area contributed by atoms with Crippen LogP contribution in [-0.4, -0.2) is 9.13 Å². The monoisotopic (exact) mass is 584 g/mol. The molecular formula is C44H28N2. The molecule has 10 rings (SSSR count). The molecule has 0 aliphatic carbocycles. The van der Waals surface area contributed by atoms with Gasteiger partial charge in [-0.3, -0.25) is 0 Å². The van der Waals surface area contributed by atoms with Gasteiger partial charge in [-0.1, -0.05) is 133 Å². The summed E-state index contributed by atoms with van der Waals surface area (Å²) in [6.07, 6.45) is 0. The van der Waals surface area contributed by atoms with Crippen LogP contribution in [0, 0.1) is 0 Å². The Morgan fingerprint density at radius 1 is 0.304 bits per heavy atom. The van der Waals surface area contributed by atoms with E-state index < -0.39 is 0 Å². The van der Waals surface area contributed by atoms with Gasteiger partial charge in [0, 0.05) is 38.3 Å². The van der Waals surface area contributed by atoms with Crippen molar-refractivity contribution in [2.24, 2.45) is 0 Å². The van der Waals surface area contributed by atoms with Gasteiger partial charge in [0.25, 0.3) is 0 Å². The minimum absolute atomic E-state index is 1.15. The first-order valence-corrected chi connectivity index (χ1v) is 15.9. The molecule has 0 fully saturated rings. The third-order valence-corrected chi connectivity index (χ3v) is 9.68. The Morgan fingerprint density at radius 2 is 0.826 bits per heavy atom. The fraction of sp³-hybridized carbons (Fsp3) is 0. The molecule has 8 aromatic carbocycles. The van der Waals surface area contributed by atoms with Gasteiger partial charge in [0.15, 0.2) is 0 Å². The molecule has 0 aliphatic rings. The highest BCUT2D eigenvalue weighted by Crippen LogP contribution is 2.46. The first-order chi connectivity index (χ1) is 22.9. The zero-order valence-electron chi connectivity index (χ0n) is 25.1. The van der Waals surface area contributed by atoms with Crippen molar-refractivity contribution in [1.82, 2.24) is 9.13 Å². The molecule has 2 aromatic heterocycles. The minimum atomic E-state index is 1.15. The molecule has 0 radical (unpaired) electrons. The second-order valence-electron chi connectivity index (χ2n) is 12.1. The molecule has 0 unspecified atom stereocenters. The topological polar surface area (TPSA) is 9.86 Å². The molecule has 0 bridgehead atoms. The summed E-state index contributed by atoms with van der Waals surface area (Å²) in [4.78, 5) is 0. The molecule has 2 heterocycles. The standard InChI is InChI=1S/C44H28N2/c1-2-15-31(16-3-1)46-39-23-10-8-20-37(39)41-35-18-6-7-19-36(35)43-42(44(41)46)38-21-9-11-24-40(38)45(43)32-27-25-30(26-28-32)34-22-12-14-29-13-4-5-17-33(29)34/h1-28H. The molecule has 10 aromatic rings. The number of hydrogen-bond donors (Lipinski definition) is 0. The van der Waals surface area contributed by atoms with Crippen molar-refractivity contribution in [3.8, 4) is 22.5 Å². The van der Waals surface area contributed by atoms with Gasteiger partial charge in [0.1, 0.15) is 0 Å². The molecule has 0 N–H and O–H groups in total. The Kier molecular flexibility index (Phi) is 5.31. The summed E-state index contributed by atoms with van der Waals surface area (Å²) in [5, 5.41) is 10.2. The number of rotatable bonds is 3. The van der Waals surface area contributed by atoms with Gasteiger partial charge < -0.3 is 9.13 Å². The fourth-order valence-electron chi connectivity index (χ4n) is 7.77. The minimum Gasteiger partial charge on any atom is -0.309 e. The average molecular weight is 585 g/mol. The van der Waals surface area contributed by atoms with Crippen molar-refractivity contribution in [1.29, 1.82) is 0 Å². The zero-order chi connectivity index (χ0) is 30.2. The fourth-order valence-corrected chi connectivity index (χ4v) is 7.77. The highest BCUT2D eigenvalue weighted by molar-refractivity contribution is 6.36. The van der Waals surface area contributed by atoms with E-state index in [1.807, 2.05) is 0 Å². The lowest BCUT2D eigenvalue weighted by molar-refractivity contribution is 1.18. The number of para-hydroxylation sites is 3. The number of aromatic nitrogens is 2. The Morgan fingerprint density at radius 3 is 1.57 bits per heavy atom. The maximum absolute atomic E-state index is 2.48. The predicted molar refractivity (Wildman–Crippen MR) is 196 cm³/mol. The highest BCUT2D eigenvalue weighted by Gasteiger charge is 2.24. The van der Waals surface area contributed by atoms with Crippen molar-refractivity contribution in [2.45, 2.75) is 0 Å². The quantitative estimate of drug-likeness (QED) is 0.195.